The Labute approximate surface area is 113 Å². The molecule has 1 rings (SSSR count). The van der Waals surface area contributed by atoms with Crippen molar-refractivity contribution in [3.8, 4) is 0 Å². The van der Waals surface area contributed by atoms with Gasteiger partial charge in [0.15, 0.2) is 0 Å². The Morgan fingerprint density at radius 3 is 2.47 bits per heavy atom. The summed E-state index contributed by atoms with van der Waals surface area (Å²) in [6, 6.07) is 0. The van der Waals surface area contributed by atoms with Crippen LogP contribution < -0.4 is 11.1 Å². The number of amides is 1. The molecule has 3 N–H and O–H groups in total. The summed E-state index contributed by atoms with van der Waals surface area (Å²) in [5.74, 6) is 0.279. The first-order valence-corrected chi connectivity index (χ1v) is 6.40. The summed E-state index contributed by atoms with van der Waals surface area (Å²) in [5.41, 5.74) is 7.17. The summed E-state index contributed by atoms with van der Waals surface area (Å²) < 4.78 is 0. The molecule has 5 heteroatoms. The zero-order valence-corrected chi connectivity index (χ0v) is 12.4. The number of aryl methyl sites for hydroxylation is 1. The lowest BCUT2D eigenvalue weighted by Crippen LogP contribution is -2.55. The number of thiophene rings is 1. The summed E-state index contributed by atoms with van der Waals surface area (Å²) in [6.45, 7) is 8.50. The van der Waals surface area contributed by atoms with Gasteiger partial charge in [-0.15, -0.1) is 12.4 Å². The third-order valence-corrected chi connectivity index (χ3v) is 4.06. The van der Waals surface area contributed by atoms with Crippen LogP contribution in [0.1, 0.15) is 36.7 Å². The average Bonchev–Trinajstić information content (AvgIpc) is 2.64. The third kappa shape index (κ3) is 3.69. The summed E-state index contributed by atoms with van der Waals surface area (Å²) in [5, 5.41) is 6.88. The molecule has 1 atom stereocenters. The Balaban J connectivity index is 0.00000256. The molecule has 0 bridgehead atoms. The normalized spacial score (nSPS) is 14.0. The van der Waals surface area contributed by atoms with Crippen LogP contribution in [0.15, 0.2) is 10.8 Å². The van der Waals surface area contributed by atoms with Crippen LogP contribution in [0.3, 0.4) is 0 Å². The van der Waals surface area contributed by atoms with Crippen LogP contribution >= 0.6 is 23.7 Å². The molecule has 0 fully saturated rings. The first-order chi connectivity index (χ1) is 7.40. The van der Waals surface area contributed by atoms with Crippen molar-refractivity contribution in [3.63, 3.8) is 0 Å². The maximum atomic E-state index is 12.0. The molecule has 3 nitrogen and oxygen atoms in total. The largest absolute Gasteiger partial charge is 0.345 e. The van der Waals surface area contributed by atoms with E-state index in [2.05, 4.69) is 19.2 Å². The van der Waals surface area contributed by atoms with Crippen molar-refractivity contribution in [2.24, 2.45) is 11.7 Å². The standard InChI is InChI=1S/C12H20N2OS.ClH/c1-8(2)12(4,7-13)14-11(15)10-6-16-5-9(10)3;/h5-6,8H,7,13H2,1-4H3,(H,14,15);1H. The van der Waals surface area contributed by atoms with Gasteiger partial charge in [-0.05, 0) is 30.7 Å². The van der Waals surface area contributed by atoms with E-state index in [1.165, 1.54) is 0 Å². The number of rotatable bonds is 4. The van der Waals surface area contributed by atoms with Crippen molar-refractivity contribution in [2.75, 3.05) is 6.54 Å². The zero-order chi connectivity index (χ0) is 12.3. The maximum Gasteiger partial charge on any atom is 0.252 e. The van der Waals surface area contributed by atoms with Gasteiger partial charge >= 0.3 is 0 Å². The number of hydrogen-bond acceptors (Lipinski definition) is 3. The highest BCUT2D eigenvalue weighted by Crippen LogP contribution is 2.18. The van der Waals surface area contributed by atoms with Crippen LogP contribution in [0, 0.1) is 12.8 Å². The molecule has 1 aromatic heterocycles. The molecule has 98 valence electrons. The zero-order valence-electron chi connectivity index (χ0n) is 10.7. The Hall–Kier alpha value is -0.580. The van der Waals surface area contributed by atoms with E-state index >= 15 is 0 Å². The van der Waals surface area contributed by atoms with Crippen LogP contribution in [-0.4, -0.2) is 18.0 Å². The molecule has 0 spiro atoms. The first-order valence-electron chi connectivity index (χ1n) is 5.46. The van der Waals surface area contributed by atoms with Crippen molar-refractivity contribution >= 4 is 29.7 Å². The molecule has 17 heavy (non-hydrogen) atoms. The van der Waals surface area contributed by atoms with Gasteiger partial charge in [0.2, 0.25) is 0 Å². The van der Waals surface area contributed by atoms with E-state index < -0.39 is 0 Å². The number of carbonyl (C=O) groups is 1. The minimum atomic E-state index is -0.342. The summed E-state index contributed by atoms with van der Waals surface area (Å²) in [7, 11) is 0. The molecule has 0 aliphatic heterocycles. The fourth-order valence-electron chi connectivity index (χ4n) is 1.35. The second kappa shape index (κ2) is 6.38. The lowest BCUT2D eigenvalue weighted by molar-refractivity contribution is 0.0883. The van der Waals surface area contributed by atoms with Crippen molar-refractivity contribution in [3.05, 3.63) is 21.9 Å². The van der Waals surface area contributed by atoms with Gasteiger partial charge in [0.1, 0.15) is 0 Å². The summed E-state index contributed by atoms with van der Waals surface area (Å²) >= 11 is 1.54. The second-order valence-electron chi connectivity index (χ2n) is 4.70. The first kappa shape index (κ1) is 16.4. The monoisotopic (exact) mass is 276 g/mol. The highest BCUT2D eigenvalue weighted by atomic mass is 35.5. The number of nitrogens with two attached hydrogens (primary N) is 1. The third-order valence-electron chi connectivity index (χ3n) is 3.20. The molecule has 0 aromatic carbocycles. The molecular weight excluding hydrogens is 256 g/mol. The van der Waals surface area contributed by atoms with E-state index in [9.17, 15) is 4.79 Å². The van der Waals surface area contributed by atoms with Crippen molar-refractivity contribution in [2.45, 2.75) is 33.2 Å². The van der Waals surface area contributed by atoms with Crippen LogP contribution in [0.5, 0.6) is 0 Å². The lowest BCUT2D eigenvalue weighted by atomic mass is 9.88. The fourth-order valence-corrected chi connectivity index (χ4v) is 2.18. The van der Waals surface area contributed by atoms with Crippen molar-refractivity contribution < 1.29 is 4.79 Å². The van der Waals surface area contributed by atoms with Crippen LogP contribution in [0.4, 0.5) is 0 Å². The van der Waals surface area contributed by atoms with Crippen LogP contribution in [-0.2, 0) is 0 Å². The minimum absolute atomic E-state index is 0. The Kier molecular flexibility index (Phi) is 6.16. The van der Waals surface area contributed by atoms with Gasteiger partial charge in [-0.3, -0.25) is 4.79 Å². The predicted molar refractivity (Wildman–Crippen MR) is 76.1 cm³/mol. The van der Waals surface area contributed by atoms with Gasteiger partial charge in [0.05, 0.1) is 11.1 Å². The van der Waals surface area contributed by atoms with Gasteiger partial charge < -0.3 is 11.1 Å². The van der Waals surface area contributed by atoms with E-state index in [4.69, 9.17) is 5.73 Å². The molecule has 0 saturated heterocycles. The topological polar surface area (TPSA) is 55.1 Å². The number of halogens is 1. The molecule has 0 aliphatic rings. The Bertz CT molecular complexity index is 378. The van der Waals surface area contributed by atoms with Gasteiger partial charge in [0.25, 0.3) is 5.91 Å². The second-order valence-corrected chi connectivity index (χ2v) is 5.44. The molecule has 0 radical (unpaired) electrons. The highest BCUT2D eigenvalue weighted by Gasteiger charge is 2.29. The van der Waals surface area contributed by atoms with E-state index in [1.54, 1.807) is 11.3 Å². The van der Waals surface area contributed by atoms with Crippen LogP contribution in [0.2, 0.25) is 0 Å². The summed E-state index contributed by atoms with van der Waals surface area (Å²) in [4.78, 5) is 12.0. The van der Waals surface area contributed by atoms with Gasteiger partial charge in [-0.1, -0.05) is 13.8 Å². The molecule has 1 unspecified atom stereocenters. The summed E-state index contributed by atoms with van der Waals surface area (Å²) in [6.07, 6.45) is 0. The van der Waals surface area contributed by atoms with Crippen molar-refractivity contribution in [1.82, 2.24) is 5.32 Å². The van der Waals surface area contributed by atoms with Gasteiger partial charge in [0, 0.05) is 11.9 Å². The lowest BCUT2D eigenvalue weighted by Gasteiger charge is -2.33. The van der Waals surface area contributed by atoms with Crippen molar-refractivity contribution in [1.29, 1.82) is 0 Å². The number of carbonyl (C=O) groups excluding carboxylic acids is 1. The van der Waals surface area contributed by atoms with E-state index in [0.717, 1.165) is 11.1 Å². The van der Waals surface area contributed by atoms with E-state index in [0.29, 0.717) is 12.5 Å². The molecule has 1 amide bonds. The fraction of sp³-hybridized carbons (Fsp3) is 0.583. The molecule has 0 aliphatic carbocycles. The number of nitrogens with one attached hydrogen (secondary N) is 1. The molecule has 1 heterocycles. The average molecular weight is 277 g/mol. The highest BCUT2D eigenvalue weighted by molar-refractivity contribution is 7.08. The minimum Gasteiger partial charge on any atom is -0.345 e. The Morgan fingerprint density at radius 1 is 1.53 bits per heavy atom. The Morgan fingerprint density at radius 2 is 2.12 bits per heavy atom. The van der Waals surface area contributed by atoms with E-state index in [-0.39, 0.29) is 23.9 Å². The molecule has 1 aromatic rings. The quantitative estimate of drug-likeness (QED) is 0.888. The smallest absolute Gasteiger partial charge is 0.252 e. The molecular formula is C12H21ClN2OS. The van der Waals surface area contributed by atoms with Gasteiger partial charge in [-0.25, -0.2) is 0 Å². The van der Waals surface area contributed by atoms with Gasteiger partial charge in [-0.2, -0.15) is 11.3 Å². The van der Waals surface area contributed by atoms with Crippen LogP contribution in [0.25, 0.3) is 0 Å². The predicted octanol–water partition coefficient (Wildman–Crippen LogP) is 2.58. The van der Waals surface area contributed by atoms with E-state index in [1.807, 2.05) is 24.6 Å². The molecule has 0 saturated carbocycles. The number of hydrogen-bond donors (Lipinski definition) is 2. The SMILES string of the molecule is Cc1cscc1C(=O)NC(C)(CN)C(C)C.Cl. The maximum absolute atomic E-state index is 12.0.